The number of ether oxygens (including phenoxy) is 2. The second kappa shape index (κ2) is 7.83. The summed E-state index contributed by atoms with van der Waals surface area (Å²) in [4.78, 5) is 18.0. The predicted octanol–water partition coefficient (Wildman–Crippen LogP) is 2.66. The Hall–Kier alpha value is -2.55. The van der Waals surface area contributed by atoms with Crippen molar-refractivity contribution < 1.29 is 23.0 Å². The zero-order valence-corrected chi connectivity index (χ0v) is 16.4. The molecule has 0 spiro atoms. The standard InChI is InChI=1S/C19H24F2N4O3/c1-12-7-24(11-19(12,20)21)17-6-5-14(13(2)22-17)8-25-9-15(18(26)28-4)16(23-25)10-27-3/h5-6,9,12H,7-8,10-11H2,1-4H3. The summed E-state index contributed by atoms with van der Waals surface area (Å²) >= 11 is 0. The monoisotopic (exact) mass is 394 g/mol. The summed E-state index contributed by atoms with van der Waals surface area (Å²) in [6.07, 6.45) is 1.61. The van der Waals surface area contributed by atoms with E-state index in [1.54, 1.807) is 28.8 Å². The number of esters is 1. The lowest BCUT2D eigenvalue weighted by atomic mass is 10.1. The zero-order chi connectivity index (χ0) is 20.5. The highest BCUT2D eigenvalue weighted by Crippen LogP contribution is 2.35. The van der Waals surface area contributed by atoms with Crippen LogP contribution in [0.25, 0.3) is 0 Å². The van der Waals surface area contributed by atoms with Gasteiger partial charge in [0.15, 0.2) is 0 Å². The normalized spacial score (nSPS) is 18.5. The fourth-order valence-corrected chi connectivity index (χ4v) is 3.27. The first-order chi connectivity index (χ1) is 13.2. The van der Waals surface area contributed by atoms with Crippen molar-refractivity contribution in [2.45, 2.75) is 32.9 Å². The highest BCUT2D eigenvalue weighted by atomic mass is 19.3. The van der Waals surface area contributed by atoms with Gasteiger partial charge >= 0.3 is 5.97 Å². The number of hydrogen-bond acceptors (Lipinski definition) is 6. The van der Waals surface area contributed by atoms with Crippen molar-refractivity contribution in [1.82, 2.24) is 14.8 Å². The molecule has 152 valence electrons. The Balaban J connectivity index is 1.79. The van der Waals surface area contributed by atoms with Crippen molar-refractivity contribution in [3.05, 3.63) is 40.8 Å². The number of aryl methyl sites for hydroxylation is 1. The van der Waals surface area contributed by atoms with E-state index in [0.29, 0.717) is 23.6 Å². The molecule has 1 aliphatic rings. The van der Waals surface area contributed by atoms with Gasteiger partial charge < -0.3 is 14.4 Å². The molecule has 1 fully saturated rings. The molecule has 1 aliphatic heterocycles. The van der Waals surface area contributed by atoms with E-state index < -0.39 is 17.8 Å². The van der Waals surface area contributed by atoms with Crippen molar-refractivity contribution in [2.24, 2.45) is 5.92 Å². The molecule has 2 aromatic heterocycles. The van der Waals surface area contributed by atoms with E-state index in [1.807, 2.05) is 13.0 Å². The first-order valence-corrected chi connectivity index (χ1v) is 8.98. The van der Waals surface area contributed by atoms with Gasteiger partial charge in [0.05, 0.1) is 26.8 Å². The highest BCUT2D eigenvalue weighted by molar-refractivity contribution is 5.90. The predicted molar refractivity (Wildman–Crippen MR) is 98.7 cm³/mol. The average molecular weight is 394 g/mol. The molecule has 1 unspecified atom stereocenters. The van der Waals surface area contributed by atoms with Crippen molar-refractivity contribution in [3.8, 4) is 0 Å². The molecule has 0 aromatic carbocycles. The van der Waals surface area contributed by atoms with Crippen LogP contribution in [-0.2, 0) is 22.6 Å². The SMILES string of the molecule is COCc1nn(Cc2ccc(N3CC(C)C(F)(F)C3)nc2C)cc1C(=O)OC. The van der Waals surface area contributed by atoms with E-state index in [9.17, 15) is 13.6 Å². The largest absolute Gasteiger partial charge is 0.465 e. The topological polar surface area (TPSA) is 69.5 Å². The number of rotatable bonds is 6. The number of pyridine rings is 1. The minimum atomic E-state index is -2.70. The lowest BCUT2D eigenvalue weighted by molar-refractivity contribution is -0.0138. The van der Waals surface area contributed by atoms with Gasteiger partial charge in [-0.3, -0.25) is 4.68 Å². The maximum absolute atomic E-state index is 13.8. The molecule has 1 atom stereocenters. The summed E-state index contributed by atoms with van der Waals surface area (Å²) in [7, 11) is 2.83. The molecule has 0 amide bonds. The number of methoxy groups -OCH3 is 2. The van der Waals surface area contributed by atoms with Crippen LogP contribution in [0.1, 0.15) is 34.2 Å². The average Bonchev–Trinajstić information content (AvgIpc) is 3.16. The van der Waals surface area contributed by atoms with Crippen LogP contribution in [0.5, 0.6) is 0 Å². The molecule has 3 heterocycles. The first-order valence-electron chi connectivity index (χ1n) is 8.98. The lowest BCUT2D eigenvalue weighted by Crippen LogP contribution is -2.27. The number of halogens is 2. The maximum atomic E-state index is 13.8. The molecule has 7 nitrogen and oxygen atoms in total. The van der Waals surface area contributed by atoms with Crippen LogP contribution < -0.4 is 4.90 Å². The van der Waals surface area contributed by atoms with Crippen LogP contribution in [0.3, 0.4) is 0 Å². The Morgan fingerprint density at radius 2 is 2.11 bits per heavy atom. The molecule has 3 rings (SSSR count). The van der Waals surface area contributed by atoms with E-state index in [4.69, 9.17) is 9.47 Å². The van der Waals surface area contributed by atoms with Crippen molar-refractivity contribution >= 4 is 11.8 Å². The number of anilines is 1. The number of aromatic nitrogens is 3. The molecule has 28 heavy (non-hydrogen) atoms. The number of carbonyl (C=O) groups is 1. The lowest BCUT2D eigenvalue weighted by Gasteiger charge is -2.18. The Labute approximate surface area is 162 Å². The third kappa shape index (κ3) is 3.99. The quantitative estimate of drug-likeness (QED) is 0.702. The number of nitrogens with zero attached hydrogens (tertiary/aromatic N) is 4. The van der Waals surface area contributed by atoms with Gasteiger partial charge in [-0.1, -0.05) is 13.0 Å². The van der Waals surface area contributed by atoms with Gasteiger partial charge in [-0.15, -0.1) is 0 Å². The van der Waals surface area contributed by atoms with E-state index >= 15 is 0 Å². The summed E-state index contributed by atoms with van der Waals surface area (Å²) in [5.41, 5.74) is 2.44. The summed E-state index contributed by atoms with van der Waals surface area (Å²) < 4.78 is 39.1. The van der Waals surface area contributed by atoms with E-state index in [0.717, 1.165) is 11.3 Å². The molecule has 0 radical (unpaired) electrons. The highest BCUT2D eigenvalue weighted by Gasteiger charge is 2.45. The summed E-state index contributed by atoms with van der Waals surface area (Å²) in [5, 5.41) is 4.39. The Kier molecular flexibility index (Phi) is 5.64. The third-order valence-electron chi connectivity index (χ3n) is 4.98. The van der Waals surface area contributed by atoms with Crippen LogP contribution in [0.15, 0.2) is 18.3 Å². The molecule has 9 heteroatoms. The first kappa shape index (κ1) is 20.2. The third-order valence-corrected chi connectivity index (χ3v) is 4.98. The van der Waals surface area contributed by atoms with Gasteiger partial charge in [0, 0.05) is 31.5 Å². The van der Waals surface area contributed by atoms with Gasteiger partial charge in [-0.05, 0) is 18.6 Å². The number of carbonyl (C=O) groups excluding carboxylic acids is 1. The second-order valence-electron chi connectivity index (χ2n) is 7.07. The molecule has 0 aliphatic carbocycles. The van der Waals surface area contributed by atoms with Crippen molar-refractivity contribution in [3.63, 3.8) is 0 Å². The van der Waals surface area contributed by atoms with Gasteiger partial charge in [-0.25, -0.2) is 18.6 Å². The van der Waals surface area contributed by atoms with E-state index in [-0.39, 0.29) is 19.7 Å². The molecule has 2 aromatic rings. The fourth-order valence-electron chi connectivity index (χ4n) is 3.27. The molecule has 1 saturated heterocycles. The van der Waals surface area contributed by atoms with Crippen molar-refractivity contribution in [2.75, 3.05) is 32.2 Å². The smallest absolute Gasteiger partial charge is 0.341 e. The Morgan fingerprint density at radius 3 is 2.68 bits per heavy atom. The van der Waals surface area contributed by atoms with Gasteiger partial charge in [0.25, 0.3) is 5.92 Å². The van der Waals surface area contributed by atoms with E-state index in [2.05, 4.69) is 10.1 Å². The van der Waals surface area contributed by atoms with Gasteiger partial charge in [0.2, 0.25) is 0 Å². The molecule has 0 N–H and O–H groups in total. The van der Waals surface area contributed by atoms with Gasteiger partial charge in [-0.2, -0.15) is 5.10 Å². The van der Waals surface area contributed by atoms with Gasteiger partial charge in [0.1, 0.15) is 17.1 Å². The summed E-state index contributed by atoms with van der Waals surface area (Å²) in [6, 6.07) is 3.60. The van der Waals surface area contributed by atoms with Crippen LogP contribution in [0.4, 0.5) is 14.6 Å². The minimum absolute atomic E-state index is 0.189. The van der Waals surface area contributed by atoms with Crippen molar-refractivity contribution in [1.29, 1.82) is 0 Å². The minimum Gasteiger partial charge on any atom is -0.465 e. The zero-order valence-electron chi connectivity index (χ0n) is 16.4. The van der Waals surface area contributed by atoms with Crippen LogP contribution >= 0.6 is 0 Å². The fraction of sp³-hybridized carbons (Fsp3) is 0.526. The maximum Gasteiger partial charge on any atom is 0.341 e. The molecule has 0 saturated carbocycles. The van der Waals surface area contributed by atoms with E-state index in [1.165, 1.54) is 14.2 Å². The van der Waals surface area contributed by atoms with Crippen LogP contribution in [0, 0.1) is 12.8 Å². The summed E-state index contributed by atoms with van der Waals surface area (Å²) in [5.74, 6) is -3.34. The Bertz CT molecular complexity index is 869. The summed E-state index contributed by atoms with van der Waals surface area (Å²) in [6.45, 7) is 3.92. The molecule has 0 bridgehead atoms. The molecular weight excluding hydrogens is 370 g/mol. The molecular formula is C19H24F2N4O3. The number of hydrogen-bond donors (Lipinski definition) is 0. The van der Waals surface area contributed by atoms with Crippen LogP contribution in [0.2, 0.25) is 0 Å². The number of alkyl halides is 2. The Morgan fingerprint density at radius 1 is 1.36 bits per heavy atom. The second-order valence-corrected chi connectivity index (χ2v) is 7.07. The van der Waals surface area contributed by atoms with Crippen LogP contribution in [-0.4, -0.2) is 54.0 Å².